The maximum atomic E-state index is 12.6. The number of amides is 2. The Hall–Kier alpha value is -2.91. The Morgan fingerprint density at radius 1 is 1.00 bits per heavy atom. The standard InChI is InChI=1S/C22H27N3O5S/c1-16(26)24-18-8-10-20(11-9-18)31(28,29)25-19-6-4-17(5-7-19)22(12-13-22)21(27)23-14-3-15-30-2/h4-11,25H,3,12-15H2,1-2H3,(H,23,27)(H,24,26). The summed E-state index contributed by atoms with van der Waals surface area (Å²) in [5.41, 5.74) is 1.28. The number of hydrogen-bond acceptors (Lipinski definition) is 5. The molecule has 3 N–H and O–H groups in total. The van der Waals surface area contributed by atoms with E-state index in [-0.39, 0.29) is 16.7 Å². The molecule has 0 heterocycles. The average molecular weight is 446 g/mol. The second-order valence-electron chi connectivity index (χ2n) is 7.57. The third-order valence-corrected chi connectivity index (χ3v) is 6.57. The van der Waals surface area contributed by atoms with Gasteiger partial charge < -0.3 is 15.4 Å². The summed E-state index contributed by atoms with van der Waals surface area (Å²) >= 11 is 0. The molecule has 0 spiro atoms. The molecule has 1 saturated carbocycles. The first-order valence-corrected chi connectivity index (χ1v) is 11.5. The van der Waals surface area contributed by atoms with E-state index in [0.29, 0.717) is 24.5 Å². The van der Waals surface area contributed by atoms with Gasteiger partial charge in [-0.25, -0.2) is 8.42 Å². The highest BCUT2D eigenvalue weighted by Crippen LogP contribution is 2.48. The Morgan fingerprint density at radius 2 is 1.61 bits per heavy atom. The maximum Gasteiger partial charge on any atom is 0.261 e. The first kappa shape index (κ1) is 22.8. The number of methoxy groups -OCH3 is 1. The van der Waals surface area contributed by atoms with Gasteiger partial charge in [0.2, 0.25) is 11.8 Å². The van der Waals surface area contributed by atoms with Gasteiger partial charge in [-0.1, -0.05) is 12.1 Å². The van der Waals surface area contributed by atoms with Crippen molar-refractivity contribution in [3.05, 3.63) is 54.1 Å². The first-order chi connectivity index (χ1) is 14.8. The van der Waals surface area contributed by atoms with Gasteiger partial charge in [0.15, 0.2) is 0 Å². The third kappa shape index (κ3) is 5.62. The van der Waals surface area contributed by atoms with Gasteiger partial charge in [-0.2, -0.15) is 0 Å². The van der Waals surface area contributed by atoms with Crippen molar-refractivity contribution in [1.82, 2.24) is 5.32 Å². The van der Waals surface area contributed by atoms with Gasteiger partial charge in [0.25, 0.3) is 10.0 Å². The summed E-state index contributed by atoms with van der Waals surface area (Å²) in [5.74, 6) is -0.234. The molecule has 0 aromatic heterocycles. The predicted molar refractivity (Wildman–Crippen MR) is 118 cm³/mol. The normalized spacial score (nSPS) is 14.5. The van der Waals surface area contributed by atoms with E-state index in [2.05, 4.69) is 15.4 Å². The van der Waals surface area contributed by atoms with E-state index in [1.54, 1.807) is 31.4 Å². The van der Waals surface area contributed by atoms with Crippen LogP contribution in [0.25, 0.3) is 0 Å². The van der Waals surface area contributed by atoms with Gasteiger partial charge in [-0.05, 0) is 61.2 Å². The molecule has 1 aliphatic rings. The Labute approximate surface area is 182 Å². The lowest BCUT2D eigenvalue weighted by Crippen LogP contribution is -2.35. The largest absolute Gasteiger partial charge is 0.385 e. The molecular formula is C22H27N3O5S. The molecule has 0 atom stereocenters. The molecule has 0 aliphatic heterocycles. The van der Waals surface area contributed by atoms with Crippen LogP contribution in [-0.2, 0) is 29.8 Å². The fourth-order valence-electron chi connectivity index (χ4n) is 3.35. The zero-order valence-electron chi connectivity index (χ0n) is 17.6. The minimum Gasteiger partial charge on any atom is -0.385 e. The van der Waals surface area contributed by atoms with Crippen LogP contribution in [-0.4, -0.2) is 40.5 Å². The zero-order chi connectivity index (χ0) is 22.5. The predicted octanol–water partition coefficient (Wildman–Crippen LogP) is 2.63. The highest BCUT2D eigenvalue weighted by atomic mass is 32.2. The number of carbonyl (C=O) groups excluding carboxylic acids is 2. The van der Waals surface area contributed by atoms with E-state index in [9.17, 15) is 18.0 Å². The van der Waals surface area contributed by atoms with Crippen LogP contribution in [0.2, 0.25) is 0 Å². The highest BCUT2D eigenvalue weighted by molar-refractivity contribution is 7.92. The molecule has 166 valence electrons. The summed E-state index contributed by atoms with van der Waals surface area (Å²) in [6.07, 6.45) is 2.30. The number of carbonyl (C=O) groups is 2. The van der Waals surface area contributed by atoms with Crippen LogP contribution in [0.5, 0.6) is 0 Å². The van der Waals surface area contributed by atoms with Gasteiger partial charge >= 0.3 is 0 Å². The van der Waals surface area contributed by atoms with Crippen LogP contribution in [0.15, 0.2) is 53.4 Å². The van der Waals surface area contributed by atoms with Crippen LogP contribution in [0.4, 0.5) is 11.4 Å². The van der Waals surface area contributed by atoms with Crippen LogP contribution in [0.3, 0.4) is 0 Å². The van der Waals surface area contributed by atoms with Gasteiger partial charge in [-0.15, -0.1) is 0 Å². The molecule has 8 nitrogen and oxygen atoms in total. The summed E-state index contributed by atoms with van der Waals surface area (Å²) in [6.45, 7) is 2.54. The summed E-state index contributed by atoms with van der Waals surface area (Å²) in [7, 11) is -2.15. The Kier molecular flexibility index (Phi) is 6.97. The van der Waals surface area contributed by atoms with Crippen molar-refractivity contribution in [3.63, 3.8) is 0 Å². The Bertz CT molecular complexity index is 1030. The van der Waals surface area contributed by atoms with E-state index in [0.717, 1.165) is 24.8 Å². The van der Waals surface area contributed by atoms with Gasteiger partial charge in [-0.3, -0.25) is 14.3 Å². The molecule has 0 bridgehead atoms. The molecule has 9 heteroatoms. The quantitative estimate of drug-likeness (QED) is 0.487. The van der Waals surface area contributed by atoms with Crippen molar-refractivity contribution in [1.29, 1.82) is 0 Å². The molecule has 0 saturated heterocycles. The molecule has 31 heavy (non-hydrogen) atoms. The second kappa shape index (κ2) is 9.49. The van der Waals surface area contributed by atoms with Crippen LogP contribution >= 0.6 is 0 Å². The fourth-order valence-corrected chi connectivity index (χ4v) is 4.41. The minimum absolute atomic E-state index is 0.00352. The molecule has 1 aliphatic carbocycles. The average Bonchev–Trinajstić information content (AvgIpc) is 3.53. The van der Waals surface area contributed by atoms with Crippen LogP contribution < -0.4 is 15.4 Å². The summed E-state index contributed by atoms with van der Waals surface area (Å²) in [5, 5.41) is 5.55. The van der Waals surface area contributed by atoms with Crippen LogP contribution in [0, 0.1) is 0 Å². The van der Waals surface area contributed by atoms with E-state index in [1.165, 1.54) is 31.2 Å². The number of nitrogens with one attached hydrogen (secondary N) is 3. The third-order valence-electron chi connectivity index (χ3n) is 5.17. The molecular weight excluding hydrogens is 418 g/mol. The lowest BCUT2D eigenvalue weighted by Gasteiger charge is -2.16. The molecule has 0 radical (unpaired) electrons. The monoisotopic (exact) mass is 445 g/mol. The summed E-state index contributed by atoms with van der Waals surface area (Å²) in [6, 6.07) is 12.8. The number of sulfonamides is 1. The summed E-state index contributed by atoms with van der Waals surface area (Å²) in [4.78, 5) is 23.8. The zero-order valence-corrected chi connectivity index (χ0v) is 18.4. The van der Waals surface area contributed by atoms with Gasteiger partial charge in [0.1, 0.15) is 0 Å². The van der Waals surface area contributed by atoms with E-state index in [1.807, 2.05) is 0 Å². The second-order valence-corrected chi connectivity index (χ2v) is 9.26. The Morgan fingerprint density at radius 3 is 2.16 bits per heavy atom. The van der Waals surface area contributed by atoms with Crippen molar-refractivity contribution in [2.75, 3.05) is 30.3 Å². The fraction of sp³-hybridized carbons (Fsp3) is 0.364. The van der Waals surface area contributed by atoms with Crippen molar-refractivity contribution in [3.8, 4) is 0 Å². The number of anilines is 2. The van der Waals surface area contributed by atoms with Gasteiger partial charge in [0.05, 0.1) is 10.3 Å². The van der Waals surface area contributed by atoms with Crippen molar-refractivity contribution in [2.45, 2.75) is 36.5 Å². The van der Waals surface area contributed by atoms with E-state index < -0.39 is 15.4 Å². The lowest BCUT2D eigenvalue weighted by atomic mass is 9.95. The molecule has 2 aromatic rings. The highest BCUT2D eigenvalue weighted by Gasteiger charge is 2.50. The van der Waals surface area contributed by atoms with Crippen molar-refractivity contribution < 1.29 is 22.7 Å². The lowest BCUT2D eigenvalue weighted by molar-refractivity contribution is -0.123. The molecule has 2 aromatic carbocycles. The molecule has 2 amide bonds. The molecule has 1 fully saturated rings. The number of ether oxygens (including phenoxy) is 1. The maximum absolute atomic E-state index is 12.6. The van der Waals surface area contributed by atoms with E-state index in [4.69, 9.17) is 4.74 Å². The van der Waals surface area contributed by atoms with Crippen LogP contribution in [0.1, 0.15) is 31.7 Å². The van der Waals surface area contributed by atoms with Crippen molar-refractivity contribution >= 4 is 33.2 Å². The molecule has 3 rings (SSSR count). The SMILES string of the molecule is COCCCNC(=O)C1(c2ccc(NS(=O)(=O)c3ccc(NC(C)=O)cc3)cc2)CC1. The molecule has 0 unspecified atom stereocenters. The smallest absolute Gasteiger partial charge is 0.261 e. The summed E-state index contributed by atoms with van der Waals surface area (Å²) < 4.78 is 32.8. The number of rotatable bonds is 10. The van der Waals surface area contributed by atoms with Crippen molar-refractivity contribution in [2.24, 2.45) is 0 Å². The van der Waals surface area contributed by atoms with E-state index >= 15 is 0 Å². The number of hydrogen-bond donors (Lipinski definition) is 3. The Balaban J connectivity index is 1.65. The first-order valence-electron chi connectivity index (χ1n) is 10.1. The number of benzene rings is 2. The topological polar surface area (TPSA) is 114 Å². The van der Waals surface area contributed by atoms with Gasteiger partial charge in [0, 0.05) is 38.6 Å². The minimum atomic E-state index is -3.78.